The average Bonchev–Trinajstić information content (AvgIpc) is 3.05. The predicted octanol–water partition coefficient (Wildman–Crippen LogP) is 4.90. The number of pyridine rings is 1. The van der Waals surface area contributed by atoms with Gasteiger partial charge in [0.1, 0.15) is 35.6 Å². The van der Waals surface area contributed by atoms with Crippen LogP contribution in [0.1, 0.15) is 6.42 Å². The molecule has 2 aliphatic rings. The summed E-state index contributed by atoms with van der Waals surface area (Å²) >= 11 is 6.35. The molecule has 1 amide bonds. The van der Waals surface area contributed by atoms with Gasteiger partial charge in [0.2, 0.25) is 0 Å². The lowest BCUT2D eigenvalue weighted by atomic mass is 10.0. The zero-order valence-electron chi connectivity index (χ0n) is 24.8. The van der Waals surface area contributed by atoms with Gasteiger partial charge in [0.15, 0.2) is 11.6 Å². The van der Waals surface area contributed by atoms with E-state index in [1.54, 1.807) is 29.2 Å². The van der Waals surface area contributed by atoms with E-state index in [-0.39, 0.29) is 77.8 Å². The molecule has 2 atom stereocenters. The Labute approximate surface area is 267 Å². The number of benzene rings is 2. The maximum atomic E-state index is 16.6. The molecule has 2 saturated heterocycles. The Morgan fingerprint density at radius 1 is 1.20 bits per heavy atom. The van der Waals surface area contributed by atoms with Gasteiger partial charge in [-0.15, -0.1) is 0 Å². The van der Waals surface area contributed by atoms with Crippen LogP contribution in [0.2, 0.25) is 5.02 Å². The quantitative estimate of drug-likeness (QED) is 0.258. The number of morpholine rings is 1. The second kappa shape index (κ2) is 13.1. The molecule has 0 bridgehead atoms. The van der Waals surface area contributed by atoms with Crippen molar-refractivity contribution in [1.82, 2.24) is 24.8 Å². The van der Waals surface area contributed by atoms with Crippen LogP contribution in [-0.4, -0.2) is 95.8 Å². The Bertz CT molecular complexity index is 1890. The second-order valence-electron chi connectivity index (χ2n) is 11.2. The van der Waals surface area contributed by atoms with Crippen molar-refractivity contribution in [2.24, 2.45) is 0 Å². The number of carbonyl (C=O) groups excluding carboxylic acids is 1. The number of fused-ring (bicyclic) bond motifs is 2. The molecule has 2 aliphatic heterocycles. The van der Waals surface area contributed by atoms with E-state index in [9.17, 15) is 18.8 Å². The second-order valence-corrected chi connectivity index (χ2v) is 11.6. The van der Waals surface area contributed by atoms with Crippen molar-refractivity contribution in [2.45, 2.75) is 18.6 Å². The maximum Gasteiger partial charge on any atom is 0.319 e. The molecule has 0 saturated carbocycles. The van der Waals surface area contributed by atoms with E-state index in [0.717, 1.165) is 6.54 Å². The SMILES string of the molecule is C=C(F)C(=O)N1CCN(c2nc(OC[C@H]3CN(C)CCO3)nc3c(F)c(-c4cccc5ccc(F)c(Cl)c45)ncc23)C[C@@H]1CC#N. The third-order valence-electron chi connectivity index (χ3n) is 8.18. The number of anilines is 1. The summed E-state index contributed by atoms with van der Waals surface area (Å²) in [5, 5.41) is 10.4. The van der Waals surface area contributed by atoms with E-state index in [4.69, 9.17) is 21.1 Å². The number of amides is 1. The zero-order valence-corrected chi connectivity index (χ0v) is 25.6. The summed E-state index contributed by atoms with van der Waals surface area (Å²) in [6.07, 6.45) is 1.07. The number of nitrogens with zero attached hydrogens (tertiary/aromatic N) is 7. The molecule has 0 N–H and O–H groups in total. The number of hydrogen-bond acceptors (Lipinski definition) is 9. The molecule has 238 valence electrons. The Morgan fingerprint density at radius 3 is 2.78 bits per heavy atom. The largest absolute Gasteiger partial charge is 0.461 e. The van der Waals surface area contributed by atoms with Crippen molar-refractivity contribution in [2.75, 3.05) is 57.9 Å². The molecule has 2 aromatic heterocycles. The van der Waals surface area contributed by atoms with Crippen molar-refractivity contribution in [3.05, 3.63) is 65.6 Å². The molecule has 0 radical (unpaired) electrons. The van der Waals surface area contributed by atoms with Crippen LogP contribution in [0, 0.1) is 23.0 Å². The van der Waals surface area contributed by atoms with Crippen LogP contribution in [0.4, 0.5) is 19.0 Å². The third-order valence-corrected chi connectivity index (χ3v) is 8.55. The van der Waals surface area contributed by atoms with Gasteiger partial charge >= 0.3 is 6.01 Å². The normalized spacial score (nSPS) is 19.0. The van der Waals surface area contributed by atoms with Gasteiger partial charge in [-0.05, 0) is 18.5 Å². The molecule has 0 unspecified atom stereocenters. The smallest absolute Gasteiger partial charge is 0.319 e. The lowest BCUT2D eigenvalue weighted by Gasteiger charge is -2.41. The zero-order chi connectivity index (χ0) is 32.5. The van der Waals surface area contributed by atoms with E-state index in [2.05, 4.69) is 26.4 Å². The molecular weight excluding hydrogens is 623 g/mol. The minimum Gasteiger partial charge on any atom is -0.461 e. The molecular formula is C32H29ClF3N7O3. The summed E-state index contributed by atoms with van der Waals surface area (Å²) in [4.78, 5) is 31.1. The summed E-state index contributed by atoms with van der Waals surface area (Å²) in [6, 6.07) is 9.06. The van der Waals surface area contributed by atoms with E-state index < -0.39 is 29.4 Å². The Morgan fingerprint density at radius 2 is 2.02 bits per heavy atom. The molecule has 2 aromatic carbocycles. The van der Waals surface area contributed by atoms with Gasteiger partial charge in [0.05, 0.1) is 35.5 Å². The number of nitriles is 1. The number of aromatic nitrogens is 3. The van der Waals surface area contributed by atoms with Crippen molar-refractivity contribution in [3.63, 3.8) is 0 Å². The van der Waals surface area contributed by atoms with Gasteiger partial charge < -0.3 is 24.2 Å². The fraction of sp³-hybridized carbons (Fsp3) is 0.344. The highest BCUT2D eigenvalue weighted by Gasteiger charge is 2.34. The van der Waals surface area contributed by atoms with Crippen LogP contribution in [-0.2, 0) is 9.53 Å². The van der Waals surface area contributed by atoms with Gasteiger partial charge in [0.25, 0.3) is 5.91 Å². The number of ether oxygens (including phenoxy) is 2. The highest BCUT2D eigenvalue weighted by Crippen LogP contribution is 2.38. The summed E-state index contributed by atoms with van der Waals surface area (Å²) < 4.78 is 56.7. The standard InChI is InChI=1S/C32H29ClF3N7O3/c1-18(34)31(44)43-11-10-42(15-20(43)8-9-37)30-23-14-38-28(22-5-3-4-19-6-7-24(35)26(33)25(19)22)27(36)29(23)39-32(40-30)46-17-21-16-41(2)12-13-45-21/h3-7,14,20-21H,1,8,10-13,15-17H2,2H3/t20-,21+/m0/s1. The summed E-state index contributed by atoms with van der Waals surface area (Å²) in [6.45, 7) is 5.48. The lowest BCUT2D eigenvalue weighted by Crippen LogP contribution is -2.55. The molecule has 0 spiro atoms. The van der Waals surface area contributed by atoms with Gasteiger partial charge in [-0.3, -0.25) is 9.78 Å². The predicted molar refractivity (Wildman–Crippen MR) is 166 cm³/mol. The van der Waals surface area contributed by atoms with Crippen LogP contribution in [0.5, 0.6) is 6.01 Å². The lowest BCUT2D eigenvalue weighted by molar-refractivity contribution is -0.131. The Balaban J connectivity index is 1.45. The molecule has 10 nitrogen and oxygen atoms in total. The van der Waals surface area contributed by atoms with E-state index in [0.29, 0.717) is 23.9 Å². The van der Waals surface area contributed by atoms with Gasteiger partial charge in [-0.1, -0.05) is 42.4 Å². The fourth-order valence-corrected chi connectivity index (χ4v) is 6.18. The monoisotopic (exact) mass is 651 g/mol. The number of hydrogen-bond donors (Lipinski definition) is 0. The highest BCUT2D eigenvalue weighted by molar-refractivity contribution is 6.36. The molecule has 0 aliphatic carbocycles. The Hall–Kier alpha value is -4.51. The Kier molecular flexibility index (Phi) is 8.95. The third kappa shape index (κ3) is 6.03. The number of likely N-dealkylation sites (N-methyl/N-ethyl adjacent to an activating group) is 1. The summed E-state index contributed by atoms with van der Waals surface area (Å²) in [7, 11) is 1.97. The highest BCUT2D eigenvalue weighted by atomic mass is 35.5. The topological polar surface area (TPSA) is 108 Å². The minimum atomic E-state index is -1.12. The van der Waals surface area contributed by atoms with Gasteiger partial charge in [-0.25, -0.2) is 13.2 Å². The number of carbonyl (C=O) groups is 1. The van der Waals surface area contributed by atoms with E-state index >= 15 is 4.39 Å². The average molecular weight is 652 g/mol. The van der Waals surface area contributed by atoms with Crippen LogP contribution >= 0.6 is 11.6 Å². The molecule has 4 heterocycles. The number of halogens is 4. The minimum absolute atomic E-state index is 0.0616. The summed E-state index contributed by atoms with van der Waals surface area (Å²) in [5.41, 5.74) is 0.0664. The first-order chi connectivity index (χ1) is 22.2. The molecule has 2 fully saturated rings. The first-order valence-electron chi connectivity index (χ1n) is 14.6. The first kappa shape index (κ1) is 31.5. The van der Waals surface area contributed by atoms with Gasteiger partial charge in [0, 0.05) is 49.9 Å². The van der Waals surface area contributed by atoms with Crippen LogP contribution in [0.25, 0.3) is 32.9 Å². The first-order valence-corrected chi connectivity index (χ1v) is 15.0. The molecule has 6 rings (SSSR count). The fourth-order valence-electron chi connectivity index (χ4n) is 5.91. The van der Waals surface area contributed by atoms with E-state index in [1.165, 1.54) is 17.2 Å². The van der Waals surface area contributed by atoms with Crippen LogP contribution in [0.3, 0.4) is 0 Å². The summed E-state index contributed by atoms with van der Waals surface area (Å²) in [5.74, 6) is -3.21. The van der Waals surface area contributed by atoms with Crippen molar-refractivity contribution in [3.8, 4) is 23.3 Å². The van der Waals surface area contributed by atoms with Crippen molar-refractivity contribution >= 4 is 45.0 Å². The maximum absolute atomic E-state index is 16.6. The van der Waals surface area contributed by atoms with Crippen molar-refractivity contribution in [1.29, 1.82) is 5.26 Å². The number of piperazine rings is 1. The number of rotatable bonds is 7. The van der Waals surface area contributed by atoms with Crippen LogP contribution in [0.15, 0.2) is 48.9 Å². The van der Waals surface area contributed by atoms with Crippen molar-refractivity contribution < 1.29 is 27.4 Å². The molecule has 46 heavy (non-hydrogen) atoms. The molecule has 14 heteroatoms. The van der Waals surface area contributed by atoms with Crippen LogP contribution < -0.4 is 9.64 Å². The van der Waals surface area contributed by atoms with E-state index in [1.807, 2.05) is 13.1 Å². The van der Waals surface area contributed by atoms with Gasteiger partial charge in [-0.2, -0.15) is 15.2 Å². The molecule has 4 aromatic rings.